The van der Waals surface area contributed by atoms with E-state index in [1.54, 1.807) is 6.07 Å². The van der Waals surface area contributed by atoms with Gasteiger partial charge in [0.05, 0.1) is 0 Å². The molecule has 2 amide bonds. The number of amides is 2. The van der Waals surface area contributed by atoms with Crippen LogP contribution in [0.3, 0.4) is 0 Å². The van der Waals surface area contributed by atoms with E-state index in [-0.39, 0.29) is 11.8 Å². The third kappa shape index (κ3) is 5.59. The summed E-state index contributed by atoms with van der Waals surface area (Å²) < 4.78 is 5.77. The highest BCUT2D eigenvalue weighted by Crippen LogP contribution is 2.17. The molecule has 0 saturated carbocycles. The molecule has 5 heteroatoms. The van der Waals surface area contributed by atoms with Gasteiger partial charge in [-0.3, -0.25) is 9.59 Å². The summed E-state index contributed by atoms with van der Waals surface area (Å²) in [6.45, 7) is 4.49. The third-order valence-electron chi connectivity index (χ3n) is 5.03. The van der Waals surface area contributed by atoms with Gasteiger partial charge in [0.2, 0.25) is 5.91 Å². The molecule has 5 nitrogen and oxygen atoms in total. The number of nitrogens with one attached hydrogen (secondary N) is 1. The number of para-hydroxylation sites is 1. The minimum Gasteiger partial charge on any atom is -0.489 e. The molecular weight excluding hydrogens is 352 g/mol. The summed E-state index contributed by atoms with van der Waals surface area (Å²) in [7, 11) is 0. The molecule has 1 atom stereocenters. The highest BCUT2D eigenvalue weighted by molar-refractivity contribution is 5.95. The van der Waals surface area contributed by atoms with E-state index >= 15 is 0 Å². The number of hydrogen-bond donors (Lipinski definition) is 1. The van der Waals surface area contributed by atoms with Crippen molar-refractivity contribution in [2.75, 3.05) is 19.6 Å². The molecule has 1 fully saturated rings. The molecule has 1 aliphatic rings. The molecule has 1 unspecified atom stereocenters. The van der Waals surface area contributed by atoms with E-state index in [9.17, 15) is 9.59 Å². The van der Waals surface area contributed by atoms with Gasteiger partial charge >= 0.3 is 0 Å². The first kappa shape index (κ1) is 19.9. The van der Waals surface area contributed by atoms with Crippen LogP contribution >= 0.6 is 0 Å². The van der Waals surface area contributed by atoms with E-state index in [0.29, 0.717) is 31.1 Å². The van der Waals surface area contributed by atoms with Crippen LogP contribution < -0.4 is 10.1 Å². The van der Waals surface area contributed by atoms with Crippen LogP contribution in [0.15, 0.2) is 54.6 Å². The Hall–Kier alpha value is -2.82. The maximum atomic E-state index is 12.6. The number of ether oxygens (including phenoxy) is 1. The molecule has 1 saturated heterocycles. The van der Waals surface area contributed by atoms with Crippen LogP contribution in [0.25, 0.3) is 0 Å². The van der Waals surface area contributed by atoms with Crippen LogP contribution in [0.1, 0.15) is 42.1 Å². The van der Waals surface area contributed by atoms with Gasteiger partial charge in [0, 0.05) is 37.2 Å². The number of carbonyl (C=O) groups excluding carboxylic acids is 2. The lowest BCUT2D eigenvalue weighted by Crippen LogP contribution is -2.40. The molecule has 0 spiro atoms. The monoisotopic (exact) mass is 380 g/mol. The fraction of sp³-hybridized carbons (Fsp3) is 0.391. The van der Waals surface area contributed by atoms with Gasteiger partial charge in [-0.2, -0.15) is 0 Å². The number of benzene rings is 2. The summed E-state index contributed by atoms with van der Waals surface area (Å²) in [5.41, 5.74) is 1.40. The van der Waals surface area contributed by atoms with Crippen molar-refractivity contribution in [1.82, 2.24) is 10.2 Å². The Morgan fingerprint density at radius 2 is 1.86 bits per heavy atom. The van der Waals surface area contributed by atoms with Crippen molar-refractivity contribution in [3.63, 3.8) is 0 Å². The summed E-state index contributed by atoms with van der Waals surface area (Å²) in [6.07, 6.45) is 2.58. The molecule has 2 aromatic carbocycles. The van der Waals surface area contributed by atoms with Crippen molar-refractivity contribution in [3.05, 3.63) is 65.7 Å². The van der Waals surface area contributed by atoms with Crippen molar-refractivity contribution in [2.45, 2.75) is 32.8 Å². The molecular formula is C23H28N2O3. The van der Waals surface area contributed by atoms with Crippen molar-refractivity contribution in [3.8, 4) is 5.75 Å². The van der Waals surface area contributed by atoms with Gasteiger partial charge < -0.3 is 15.0 Å². The molecule has 3 rings (SSSR count). The second-order valence-electron chi connectivity index (χ2n) is 7.35. The second-order valence-corrected chi connectivity index (χ2v) is 7.35. The van der Waals surface area contributed by atoms with Crippen LogP contribution in [0.5, 0.6) is 5.75 Å². The molecule has 0 aromatic heterocycles. The first-order valence-corrected chi connectivity index (χ1v) is 9.95. The molecule has 1 N–H and O–H groups in total. The zero-order valence-corrected chi connectivity index (χ0v) is 16.4. The number of carbonyl (C=O) groups is 2. The van der Waals surface area contributed by atoms with Crippen LogP contribution in [0, 0.1) is 5.92 Å². The average Bonchev–Trinajstić information content (AvgIpc) is 2.73. The smallest absolute Gasteiger partial charge is 0.251 e. The lowest BCUT2D eigenvalue weighted by Gasteiger charge is -2.31. The maximum Gasteiger partial charge on any atom is 0.251 e. The zero-order chi connectivity index (χ0) is 19.8. The second kappa shape index (κ2) is 9.93. The highest BCUT2D eigenvalue weighted by Gasteiger charge is 2.20. The fourth-order valence-electron chi connectivity index (χ4n) is 3.50. The normalized spacial score (nSPS) is 16.5. The van der Waals surface area contributed by atoms with Crippen molar-refractivity contribution >= 4 is 11.8 Å². The molecule has 0 bridgehead atoms. The molecule has 1 heterocycles. The number of hydrogen-bond acceptors (Lipinski definition) is 3. The van der Waals surface area contributed by atoms with E-state index in [1.807, 2.05) is 53.4 Å². The van der Waals surface area contributed by atoms with E-state index in [2.05, 4.69) is 12.2 Å². The quantitative estimate of drug-likeness (QED) is 0.798. The van der Waals surface area contributed by atoms with Gasteiger partial charge in [0.1, 0.15) is 12.4 Å². The predicted molar refractivity (Wildman–Crippen MR) is 109 cm³/mol. The Balaban J connectivity index is 1.50. The van der Waals surface area contributed by atoms with E-state index in [1.165, 1.54) is 6.42 Å². The van der Waals surface area contributed by atoms with E-state index in [4.69, 9.17) is 4.74 Å². The minimum absolute atomic E-state index is 0.118. The Bertz CT molecular complexity index is 791. The first-order valence-electron chi connectivity index (χ1n) is 9.95. The van der Waals surface area contributed by atoms with Crippen LogP contribution in [0.2, 0.25) is 0 Å². The number of likely N-dealkylation sites (tertiary alicyclic amines) is 1. The lowest BCUT2D eigenvalue weighted by molar-refractivity contribution is -0.132. The largest absolute Gasteiger partial charge is 0.489 e. The zero-order valence-electron chi connectivity index (χ0n) is 16.4. The van der Waals surface area contributed by atoms with Gasteiger partial charge in [-0.15, -0.1) is 0 Å². The summed E-state index contributed by atoms with van der Waals surface area (Å²) in [5, 5.41) is 2.88. The Morgan fingerprint density at radius 3 is 2.64 bits per heavy atom. The number of piperidine rings is 1. The SMILES string of the molecule is CC1CCCN(C(=O)CCNC(=O)c2ccccc2COc2ccccc2)C1. The Kier molecular flexibility index (Phi) is 7.06. The van der Waals surface area contributed by atoms with Gasteiger partial charge in [-0.05, 0) is 37.0 Å². The Morgan fingerprint density at radius 1 is 1.11 bits per heavy atom. The van der Waals surface area contributed by atoms with E-state index in [0.717, 1.165) is 30.8 Å². The third-order valence-corrected chi connectivity index (χ3v) is 5.03. The summed E-state index contributed by atoms with van der Waals surface area (Å²) >= 11 is 0. The summed E-state index contributed by atoms with van der Waals surface area (Å²) in [5.74, 6) is 1.27. The molecule has 0 aliphatic carbocycles. The molecule has 148 valence electrons. The number of rotatable bonds is 7. The van der Waals surface area contributed by atoms with Gasteiger partial charge in [0.25, 0.3) is 5.91 Å². The van der Waals surface area contributed by atoms with Crippen LogP contribution in [-0.2, 0) is 11.4 Å². The van der Waals surface area contributed by atoms with E-state index < -0.39 is 0 Å². The molecule has 0 radical (unpaired) electrons. The van der Waals surface area contributed by atoms with Crippen molar-refractivity contribution < 1.29 is 14.3 Å². The lowest BCUT2D eigenvalue weighted by atomic mass is 10.00. The minimum atomic E-state index is -0.174. The van der Waals surface area contributed by atoms with Gasteiger partial charge in [0.15, 0.2) is 0 Å². The van der Waals surface area contributed by atoms with Crippen molar-refractivity contribution in [1.29, 1.82) is 0 Å². The summed E-state index contributed by atoms with van der Waals surface area (Å²) in [6, 6.07) is 16.9. The van der Waals surface area contributed by atoms with Crippen LogP contribution in [0.4, 0.5) is 0 Å². The fourth-order valence-corrected chi connectivity index (χ4v) is 3.50. The first-order chi connectivity index (χ1) is 13.6. The maximum absolute atomic E-state index is 12.6. The molecule has 28 heavy (non-hydrogen) atoms. The summed E-state index contributed by atoms with van der Waals surface area (Å²) in [4.78, 5) is 26.9. The topological polar surface area (TPSA) is 58.6 Å². The van der Waals surface area contributed by atoms with Gasteiger partial charge in [-0.1, -0.05) is 43.3 Å². The van der Waals surface area contributed by atoms with Gasteiger partial charge in [-0.25, -0.2) is 0 Å². The molecule has 2 aromatic rings. The Labute approximate surface area is 166 Å². The predicted octanol–water partition coefficient (Wildman–Crippen LogP) is 3.64. The molecule has 1 aliphatic heterocycles. The van der Waals surface area contributed by atoms with Crippen molar-refractivity contribution in [2.24, 2.45) is 5.92 Å². The average molecular weight is 380 g/mol. The highest BCUT2D eigenvalue weighted by atomic mass is 16.5. The standard InChI is InChI=1S/C23H28N2O3/c1-18-8-7-15-25(16-18)22(26)13-14-24-23(27)21-12-6-5-9-19(21)17-28-20-10-3-2-4-11-20/h2-6,9-12,18H,7-8,13-17H2,1H3,(H,24,27). The van der Waals surface area contributed by atoms with Crippen LogP contribution in [-0.4, -0.2) is 36.3 Å². The number of nitrogens with zero attached hydrogens (tertiary/aromatic N) is 1.